The summed E-state index contributed by atoms with van der Waals surface area (Å²) in [6.07, 6.45) is 0.458. The van der Waals surface area contributed by atoms with Crippen LogP contribution in [-0.2, 0) is 6.42 Å². The molecule has 1 unspecified atom stereocenters. The Morgan fingerprint density at radius 2 is 2.05 bits per heavy atom. The molecule has 2 aromatic heterocycles. The summed E-state index contributed by atoms with van der Waals surface area (Å²) in [7, 11) is 0. The molecule has 2 heterocycles. The lowest BCUT2D eigenvalue weighted by Crippen LogP contribution is -2.12. The van der Waals surface area contributed by atoms with E-state index >= 15 is 0 Å². The maximum Gasteiger partial charge on any atom is 0.126 e. The quantitative estimate of drug-likeness (QED) is 0.724. The molecule has 1 atom stereocenters. The van der Waals surface area contributed by atoms with Crippen LogP contribution in [-0.4, -0.2) is 0 Å². The first-order valence-corrected chi connectivity index (χ1v) is 7.87. The van der Waals surface area contributed by atoms with E-state index in [9.17, 15) is 4.39 Å². The van der Waals surface area contributed by atoms with Gasteiger partial charge in [0.15, 0.2) is 0 Å². The number of rotatable bonds is 3. The summed E-state index contributed by atoms with van der Waals surface area (Å²) < 4.78 is 16.2. The highest BCUT2D eigenvalue weighted by Gasteiger charge is 2.14. The summed E-state index contributed by atoms with van der Waals surface area (Å²) >= 11 is 9.26. The molecule has 0 amide bonds. The topological polar surface area (TPSA) is 26.0 Å². The Kier molecular flexibility index (Phi) is 3.58. The molecule has 0 spiro atoms. The van der Waals surface area contributed by atoms with Gasteiger partial charge in [0, 0.05) is 25.3 Å². The highest BCUT2D eigenvalue weighted by molar-refractivity contribution is 7.26. The molecule has 19 heavy (non-hydrogen) atoms. The smallest absolute Gasteiger partial charge is 0.126 e. The van der Waals surface area contributed by atoms with Gasteiger partial charge in [-0.2, -0.15) is 0 Å². The molecule has 3 rings (SSSR count). The lowest BCUT2D eigenvalue weighted by molar-refractivity contribution is 0.595. The number of halogens is 2. The minimum Gasteiger partial charge on any atom is -0.323 e. The van der Waals surface area contributed by atoms with Crippen molar-refractivity contribution in [2.75, 3.05) is 0 Å². The molecule has 0 saturated heterocycles. The Morgan fingerprint density at radius 3 is 2.84 bits per heavy atom. The SMILES string of the molecule is NC(Cc1cc(Cl)ccc1F)c1cc2sccc2s1. The van der Waals surface area contributed by atoms with Gasteiger partial charge in [-0.15, -0.1) is 22.7 Å². The molecule has 1 nitrogen and oxygen atoms in total. The van der Waals surface area contributed by atoms with Crippen LogP contribution in [0.15, 0.2) is 35.7 Å². The van der Waals surface area contributed by atoms with E-state index in [1.54, 1.807) is 34.8 Å². The lowest BCUT2D eigenvalue weighted by atomic mass is 10.0. The standard InChI is InChI=1S/C14H11ClFNS2/c15-9-1-2-10(16)8(5-9)6-11(17)13-7-14-12(19-13)3-4-18-14/h1-5,7,11H,6,17H2. The third-order valence-electron chi connectivity index (χ3n) is 2.97. The van der Waals surface area contributed by atoms with Gasteiger partial charge >= 0.3 is 0 Å². The highest BCUT2D eigenvalue weighted by Crippen LogP contribution is 2.34. The molecule has 0 fully saturated rings. The van der Waals surface area contributed by atoms with Crippen molar-refractivity contribution in [1.82, 2.24) is 0 Å². The predicted octanol–water partition coefficient (Wildman–Crippen LogP) is 5.00. The van der Waals surface area contributed by atoms with Gasteiger partial charge in [-0.1, -0.05) is 11.6 Å². The molecule has 3 aromatic rings. The van der Waals surface area contributed by atoms with Crippen LogP contribution in [0.2, 0.25) is 5.02 Å². The van der Waals surface area contributed by atoms with Crippen molar-refractivity contribution in [3.63, 3.8) is 0 Å². The second kappa shape index (κ2) is 5.21. The third kappa shape index (κ3) is 2.67. The summed E-state index contributed by atoms with van der Waals surface area (Å²) in [5, 5.41) is 2.60. The maximum absolute atomic E-state index is 13.7. The van der Waals surface area contributed by atoms with Crippen LogP contribution in [0.1, 0.15) is 16.5 Å². The van der Waals surface area contributed by atoms with Crippen LogP contribution in [0.5, 0.6) is 0 Å². The van der Waals surface area contributed by atoms with Crippen LogP contribution < -0.4 is 5.73 Å². The Hall–Kier alpha value is -0.940. The van der Waals surface area contributed by atoms with Crippen molar-refractivity contribution >= 4 is 43.7 Å². The van der Waals surface area contributed by atoms with Gasteiger partial charge in [-0.25, -0.2) is 4.39 Å². The molecule has 0 radical (unpaired) electrons. The van der Waals surface area contributed by atoms with Gasteiger partial charge in [0.2, 0.25) is 0 Å². The van der Waals surface area contributed by atoms with Crippen LogP contribution in [0.3, 0.4) is 0 Å². The number of hydrogen-bond donors (Lipinski definition) is 1. The zero-order valence-corrected chi connectivity index (χ0v) is 12.3. The fraction of sp³-hybridized carbons (Fsp3) is 0.143. The van der Waals surface area contributed by atoms with Crippen LogP contribution >= 0.6 is 34.3 Å². The van der Waals surface area contributed by atoms with E-state index < -0.39 is 0 Å². The van der Waals surface area contributed by atoms with Crippen molar-refractivity contribution in [2.24, 2.45) is 5.73 Å². The Labute approximate surface area is 123 Å². The van der Waals surface area contributed by atoms with E-state index in [0.29, 0.717) is 17.0 Å². The van der Waals surface area contributed by atoms with Gasteiger partial charge in [0.05, 0.1) is 0 Å². The Bertz CT molecular complexity index is 691. The lowest BCUT2D eigenvalue weighted by Gasteiger charge is -2.10. The molecule has 0 aliphatic carbocycles. The first kappa shape index (κ1) is 13.1. The van der Waals surface area contributed by atoms with Crippen LogP contribution in [0, 0.1) is 5.82 Å². The number of fused-ring (bicyclic) bond motifs is 1. The normalized spacial score (nSPS) is 13.0. The zero-order chi connectivity index (χ0) is 13.4. The van der Waals surface area contributed by atoms with Crippen molar-refractivity contribution in [1.29, 1.82) is 0 Å². The van der Waals surface area contributed by atoms with E-state index in [0.717, 1.165) is 4.88 Å². The van der Waals surface area contributed by atoms with Crippen LogP contribution in [0.4, 0.5) is 4.39 Å². The molecule has 0 aliphatic rings. The molecular formula is C14H11ClFNS2. The zero-order valence-electron chi connectivity index (χ0n) is 9.90. The summed E-state index contributed by atoms with van der Waals surface area (Å²) in [4.78, 5) is 1.08. The fourth-order valence-electron chi connectivity index (χ4n) is 2.00. The van der Waals surface area contributed by atoms with Gasteiger partial charge in [0.1, 0.15) is 5.82 Å². The first-order valence-electron chi connectivity index (χ1n) is 5.80. The average Bonchev–Trinajstić information content (AvgIpc) is 2.94. The van der Waals surface area contributed by atoms with Crippen molar-refractivity contribution < 1.29 is 4.39 Å². The minimum absolute atomic E-state index is 0.197. The highest BCUT2D eigenvalue weighted by atomic mass is 35.5. The molecule has 0 aliphatic heterocycles. The molecule has 1 aromatic carbocycles. The van der Waals surface area contributed by atoms with E-state index in [4.69, 9.17) is 17.3 Å². The number of nitrogens with two attached hydrogens (primary N) is 1. The van der Waals surface area contributed by atoms with E-state index in [-0.39, 0.29) is 11.9 Å². The molecule has 0 bridgehead atoms. The maximum atomic E-state index is 13.7. The number of thiophene rings is 2. The van der Waals surface area contributed by atoms with Gasteiger partial charge in [-0.3, -0.25) is 0 Å². The molecule has 98 valence electrons. The van der Waals surface area contributed by atoms with Crippen LogP contribution in [0.25, 0.3) is 9.40 Å². The van der Waals surface area contributed by atoms with Gasteiger partial charge in [0.25, 0.3) is 0 Å². The fourth-order valence-corrected chi connectivity index (χ4v) is 4.32. The minimum atomic E-state index is -0.252. The monoisotopic (exact) mass is 311 g/mol. The molecule has 0 saturated carbocycles. The largest absolute Gasteiger partial charge is 0.323 e. The Morgan fingerprint density at radius 1 is 1.21 bits per heavy atom. The molecule has 2 N–H and O–H groups in total. The van der Waals surface area contributed by atoms with Crippen molar-refractivity contribution in [3.05, 3.63) is 57.0 Å². The molecule has 5 heteroatoms. The van der Waals surface area contributed by atoms with Crippen molar-refractivity contribution in [2.45, 2.75) is 12.5 Å². The van der Waals surface area contributed by atoms with E-state index in [1.807, 2.05) is 0 Å². The summed E-state index contributed by atoms with van der Waals surface area (Å²) in [6.45, 7) is 0. The second-order valence-electron chi connectivity index (χ2n) is 4.34. The summed E-state index contributed by atoms with van der Waals surface area (Å²) in [5.74, 6) is -0.252. The van der Waals surface area contributed by atoms with Gasteiger partial charge < -0.3 is 5.73 Å². The Balaban J connectivity index is 1.86. The number of benzene rings is 1. The molecular weight excluding hydrogens is 301 g/mol. The number of hydrogen-bond acceptors (Lipinski definition) is 3. The van der Waals surface area contributed by atoms with Crippen molar-refractivity contribution in [3.8, 4) is 0 Å². The van der Waals surface area contributed by atoms with E-state index in [1.165, 1.54) is 15.5 Å². The second-order valence-corrected chi connectivity index (χ2v) is 6.84. The summed E-state index contributed by atoms with van der Waals surface area (Å²) in [6, 6.07) is 8.56. The average molecular weight is 312 g/mol. The third-order valence-corrected chi connectivity index (χ3v) is 5.43. The summed E-state index contributed by atoms with van der Waals surface area (Å²) in [5.41, 5.74) is 6.74. The first-order chi connectivity index (χ1) is 9.13. The predicted molar refractivity (Wildman–Crippen MR) is 81.7 cm³/mol. The van der Waals surface area contributed by atoms with Gasteiger partial charge in [-0.05, 0) is 47.7 Å². The van der Waals surface area contributed by atoms with E-state index in [2.05, 4.69) is 17.5 Å².